The van der Waals surface area contributed by atoms with E-state index >= 15 is 0 Å². The first-order valence-corrected chi connectivity index (χ1v) is 6.42. The molecule has 0 aliphatic heterocycles. The van der Waals surface area contributed by atoms with Gasteiger partial charge in [0.15, 0.2) is 0 Å². The van der Waals surface area contributed by atoms with Crippen molar-refractivity contribution in [2.75, 3.05) is 0 Å². The Balaban J connectivity index is 2.14. The molecule has 0 bridgehead atoms. The maximum Gasteiger partial charge on any atom is 0.137 e. The minimum Gasteiger partial charge on any atom is -0.326 e. The van der Waals surface area contributed by atoms with Gasteiger partial charge >= 0.3 is 0 Å². The smallest absolute Gasteiger partial charge is 0.137 e. The van der Waals surface area contributed by atoms with Crippen molar-refractivity contribution in [1.29, 1.82) is 0 Å². The summed E-state index contributed by atoms with van der Waals surface area (Å²) in [5.74, 6) is 0. The minimum atomic E-state index is 0.549. The van der Waals surface area contributed by atoms with Gasteiger partial charge in [0.05, 0.1) is 5.69 Å². The Morgan fingerprint density at radius 3 is 2.47 bits per heavy atom. The Morgan fingerprint density at radius 1 is 1.05 bits per heavy atom. The van der Waals surface area contributed by atoms with Crippen molar-refractivity contribution < 1.29 is 0 Å². The Kier molecular flexibility index (Phi) is 2.84. The molecule has 0 radical (unpaired) electrons. The lowest BCUT2D eigenvalue weighted by atomic mass is 10.1. The summed E-state index contributed by atoms with van der Waals surface area (Å²) < 4.78 is 2.04. The average molecular weight is 251 g/mol. The summed E-state index contributed by atoms with van der Waals surface area (Å²) in [7, 11) is 0. The van der Waals surface area contributed by atoms with E-state index in [-0.39, 0.29) is 0 Å². The molecule has 0 atom stereocenters. The number of benzene rings is 1. The van der Waals surface area contributed by atoms with Gasteiger partial charge in [-0.15, -0.1) is 0 Å². The molecular formula is C16H17N3. The normalized spacial score (nSPS) is 11.1. The largest absolute Gasteiger partial charge is 0.326 e. The van der Waals surface area contributed by atoms with E-state index in [4.69, 9.17) is 5.73 Å². The number of hydrogen-bond acceptors (Lipinski definition) is 2. The molecule has 0 unspecified atom stereocenters. The van der Waals surface area contributed by atoms with Crippen LogP contribution in [0.4, 0.5) is 0 Å². The number of nitrogens with zero attached hydrogens (tertiary/aromatic N) is 2. The summed E-state index contributed by atoms with van der Waals surface area (Å²) in [6, 6.07) is 10.5. The second kappa shape index (κ2) is 4.52. The molecule has 3 nitrogen and oxygen atoms in total. The maximum absolute atomic E-state index is 5.66. The highest BCUT2D eigenvalue weighted by atomic mass is 15.0. The van der Waals surface area contributed by atoms with Crippen LogP contribution in [-0.2, 0) is 6.54 Å². The first-order valence-electron chi connectivity index (χ1n) is 6.42. The number of pyridine rings is 1. The van der Waals surface area contributed by atoms with Gasteiger partial charge in [-0.2, -0.15) is 0 Å². The standard InChI is InChI=1S/C16H17N3/c1-11-5-12(2)7-14(6-11)15-10-19-9-13(8-17)3-4-16(19)18-15/h3-7,9-10H,8,17H2,1-2H3. The number of imidazole rings is 1. The molecule has 3 rings (SSSR count). The third-order valence-corrected chi connectivity index (χ3v) is 3.27. The summed E-state index contributed by atoms with van der Waals surface area (Å²) in [5.41, 5.74) is 12.4. The second-order valence-corrected chi connectivity index (χ2v) is 5.01. The summed E-state index contributed by atoms with van der Waals surface area (Å²) in [5, 5.41) is 0. The summed E-state index contributed by atoms with van der Waals surface area (Å²) in [6.45, 7) is 4.77. The van der Waals surface area contributed by atoms with Crippen LogP contribution in [0, 0.1) is 13.8 Å². The molecule has 19 heavy (non-hydrogen) atoms. The fraction of sp³-hybridized carbons (Fsp3) is 0.188. The Hall–Kier alpha value is -2.13. The number of aryl methyl sites for hydroxylation is 2. The molecule has 0 spiro atoms. The molecule has 0 aliphatic carbocycles. The number of nitrogens with two attached hydrogens (primary N) is 1. The third kappa shape index (κ3) is 2.25. The SMILES string of the molecule is Cc1cc(C)cc(-c2cn3cc(CN)ccc3n2)c1. The van der Waals surface area contributed by atoms with Crippen molar-refractivity contribution in [3.8, 4) is 11.3 Å². The van der Waals surface area contributed by atoms with Crippen LogP contribution in [0.2, 0.25) is 0 Å². The Morgan fingerprint density at radius 2 is 1.79 bits per heavy atom. The number of fused-ring (bicyclic) bond motifs is 1. The first-order chi connectivity index (χ1) is 9.15. The van der Waals surface area contributed by atoms with Crippen molar-refractivity contribution >= 4 is 5.65 Å². The van der Waals surface area contributed by atoms with E-state index in [1.165, 1.54) is 11.1 Å². The second-order valence-electron chi connectivity index (χ2n) is 5.01. The number of aromatic nitrogens is 2. The lowest BCUT2D eigenvalue weighted by Crippen LogP contribution is -1.97. The average Bonchev–Trinajstić information content (AvgIpc) is 2.80. The van der Waals surface area contributed by atoms with Crippen molar-refractivity contribution in [2.45, 2.75) is 20.4 Å². The summed E-state index contributed by atoms with van der Waals surface area (Å²) in [4.78, 5) is 4.66. The van der Waals surface area contributed by atoms with E-state index in [1.807, 2.05) is 22.7 Å². The topological polar surface area (TPSA) is 43.3 Å². The van der Waals surface area contributed by atoms with Crippen LogP contribution in [0.25, 0.3) is 16.9 Å². The van der Waals surface area contributed by atoms with Gasteiger partial charge in [-0.1, -0.05) is 23.3 Å². The minimum absolute atomic E-state index is 0.549. The van der Waals surface area contributed by atoms with Crippen LogP contribution in [-0.4, -0.2) is 9.38 Å². The van der Waals surface area contributed by atoms with Crippen LogP contribution in [0.3, 0.4) is 0 Å². The number of hydrogen-bond donors (Lipinski definition) is 1. The number of rotatable bonds is 2. The molecular weight excluding hydrogens is 234 g/mol. The molecule has 2 aromatic heterocycles. The van der Waals surface area contributed by atoms with Gasteiger partial charge < -0.3 is 10.1 Å². The van der Waals surface area contributed by atoms with Crippen LogP contribution in [0.15, 0.2) is 42.7 Å². The fourth-order valence-corrected chi connectivity index (χ4v) is 2.42. The highest BCUT2D eigenvalue weighted by Gasteiger charge is 2.05. The molecule has 0 amide bonds. The molecule has 2 heterocycles. The van der Waals surface area contributed by atoms with Crippen molar-refractivity contribution in [3.63, 3.8) is 0 Å². The fourth-order valence-electron chi connectivity index (χ4n) is 2.42. The first kappa shape index (κ1) is 11.9. The lowest BCUT2D eigenvalue weighted by Gasteiger charge is -2.01. The molecule has 3 aromatic rings. The van der Waals surface area contributed by atoms with Crippen molar-refractivity contribution in [2.24, 2.45) is 5.73 Å². The maximum atomic E-state index is 5.66. The zero-order valence-electron chi connectivity index (χ0n) is 11.2. The van der Waals surface area contributed by atoms with E-state index in [1.54, 1.807) is 0 Å². The van der Waals surface area contributed by atoms with E-state index in [0.717, 1.165) is 22.5 Å². The molecule has 2 N–H and O–H groups in total. The Bertz CT molecular complexity index is 721. The predicted octanol–water partition coefficient (Wildman–Crippen LogP) is 3.08. The molecule has 0 saturated carbocycles. The van der Waals surface area contributed by atoms with E-state index in [0.29, 0.717) is 6.54 Å². The summed E-state index contributed by atoms with van der Waals surface area (Å²) >= 11 is 0. The highest BCUT2D eigenvalue weighted by molar-refractivity contribution is 5.64. The Labute approximate surface area is 112 Å². The summed E-state index contributed by atoms with van der Waals surface area (Å²) in [6.07, 6.45) is 4.09. The van der Waals surface area contributed by atoms with Gasteiger partial charge in [-0.3, -0.25) is 0 Å². The molecule has 0 fully saturated rings. The highest BCUT2D eigenvalue weighted by Crippen LogP contribution is 2.22. The quantitative estimate of drug-likeness (QED) is 0.760. The van der Waals surface area contributed by atoms with E-state index < -0.39 is 0 Å². The van der Waals surface area contributed by atoms with Gasteiger partial charge in [0.25, 0.3) is 0 Å². The van der Waals surface area contributed by atoms with Gasteiger partial charge in [0.1, 0.15) is 5.65 Å². The molecule has 96 valence electrons. The van der Waals surface area contributed by atoms with Gasteiger partial charge in [0.2, 0.25) is 0 Å². The molecule has 0 aliphatic rings. The predicted molar refractivity (Wildman–Crippen MR) is 78.0 cm³/mol. The van der Waals surface area contributed by atoms with Crippen molar-refractivity contribution in [1.82, 2.24) is 9.38 Å². The monoisotopic (exact) mass is 251 g/mol. The van der Waals surface area contributed by atoms with Gasteiger partial charge in [-0.05, 0) is 37.6 Å². The van der Waals surface area contributed by atoms with Crippen LogP contribution < -0.4 is 5.73 Å². The van der Waals surface area contributed by atoms with E-state index in [9.17, 15) is 0 Å². The van der Waals surface area contributed by atoms with Gasteiger partial charge in [-0.25, -0.2) is 4.98 Å². The molecule has 3 heteroatoms. The van der Waals surface area contributed by atoms with Gasteiger partial charge in [0, 0.05) is 24.5 Å². The molecule has 0 saturated heterocycles. The van der Waals surface area contributed by atoms with Crippen LogP contribution in [0.1, 0.15) is 16.7 Å². The lowest BCUT2D eigenvalue weighted by molar-refractivity contribution is 1.03. The zero-order chi connectivity index (χ0) is 13.4. The van der Waals surface area contributed by atoms with E-state index in [2.05, 4.69) is 43.2 Å². The van der Waals surface area contributed by atoms with Crippen LogP contribution >= 0.6 is 0 Å². The third-order valence-electron chi connectivity index (χ3n) is 3.27. The molecule has 1 aromatic carbocycles. The zero-order valence-corrected chi connectivity index (χ0v) is 11.2. The van der Waals surface area contributed by atoms with Crippen molar-refractivity contribution in [3.05, 3.63) is 59.4 Å². The van der Waals surface area contributed by atoms with Crippen LogP contribution in [0.5, 0.6) is 0 Å².